The van der Waals surface area contributed by atoms with Crippen molar-refractivity contribution in [3.63, 3.8) is 0 Å². The van der Waals surface area contributed by atoms with Gasteiger partial charge in [-0.3, -0.25) is 0 Å². The first kappa shape index (κ1) is 10.3. The van der Waals surface area contributed by atoms with E-state index in [-0.39, 0.29) is 0 Å². The van der Waals surface area contributed by atoms with Crippen molar-refractivity contribution >= 4 is 6.21 Å². The highest BCUT2D eigenvalue weighted by molar-refractivity contribution is 5.64. The van der Waals surface area contributed by atoms with Gasteiger partial charge in [0.15, 0.2) is 0 Å². The van der Waals surface area contributed by atoms with Crippen LogP contribution in [0.4, 0.5) is 0 Å². The molecule has 0 aliphatic heterocycles. The largest absolute Gasteiger partial charge is 0.362 e. The molecular weight excluding hydrogens is 196 g/mol. The van der Waals surface area contributed by atoms with Crippen LogP contribution in [0.25, 0.3) is 16.7 Å². The summed E-state index contributed by atoms with van der Waals surface area (Å²) in [6.07, 6.45) is 2.14. The number of hydrogen-bond acceptors (Lipinski definition) is 0. The van der Waals surface area contributed by atoms with Crippen LogP contribution in [0.15, 0.2) is 54.6 Å². The smallest absolute Gasteiger partial charge is 0.261 e. The highest BCUT2D eigenvalue weighted by Crippen LogP contribution is 2.18. The van der Waals surface area contributed by atoms with Gasteiger partial charge < -0.3 is 5.53 Å². The van der Waals surface area contributed by atoms with Gasteiger partial charge >= 0.3 is 0 Å². The van der Waals surface area contributed by atoms with Gasteiger partial charge in [-0.2, -0.15) is 4.79 Å². The Morgan fingerprint density at radius 3 is 2.12 bits per heavy atom. The number of hydrogen-bond donors (Lipinski definition) is 0. The van der Waals surface area contributed by atoms with Crippen LogP contribution in [0.1, 0.15) is 5.56 Å². The van der Waals surface area contributed by atoms with E-state index in [2.05, 4.69) is 29.1 Å². The van der Waals surface area contributed by atoms with E-state index < -0.39 is 0 Å². The first-order chi connectivity index (χ1) is 7.90. The van der Waals surface area contributed by atoms with Crippen LogP contribution in [0.3, 0.4) is 0 Å². The van der Waals surface area contributed by atoms with Crippen LogP contribution in [0.5, 0.6) is 0 Å². The second kappa shape index (κ2) is 5.06. The van der Waals surface area contributed by atoms with E-state index in [1.54, 1.807) is 0 Å². The lowest BCUT2D eigenvalue weighted by atomic mass is 10.0. The molecule has 2 aromatic rings. The van der Waals surface area contributed by atoms with Gasteiger partial charge in [-0.05, 0) is 16.7 Å². The molecule has 0 spiro atoms. The zero-order valence-electron chi connectivity index (χ0n) is 8.88. The lowest BCUT2D eigenvalue weighted by Crippen LogP contribution is -1.86. The third-order valence-electron chi connectivity index (χ3n) is 2.47. The van der Waals surface area contributed by atoms with Gasteiger partial charge in [-0.1, -0.05) is 54.6 Å². The quantitative estimate of drug-likeness (QED) is 0.422. The summed E-state index contributed by atoms with van der Waals surface area (Å²) in [7, 11) is 0. The van der Waals surface area contributed by atoms with Gasteiger partial charge in [-0.15, -0.1) is 0 Å². The summed E-state index contributed by atoms with van der Waals surface area (Å²) in [6, 6.07) is 18.5. The molecule has 2 rings (SSSR count). The SMILES string of the molecule is [N-]=[N+]=CCc1ccc(-c2ccccc2)cc1. The van der Waals surface area contributed by atoms with Crippen molar-refractivity contribution in [1.29, 1.82) is 0 Å². The van der Waals surface area contributed by atoms with Crippen molar-refractivity contribution in [2.24, 2.45) is 0 Å². The monoisotopic (exact) mass is 208 g/mol. The number of benzene rings is 2. The minimum atomic E-state index is 0.658. The van der Waals surface area contributed by atoms with Gasteiger partial charge in [0, 0.05) is 0 Å². The normalized spacial score (nSPS) is 9.50. The predicted octanol–water partition coefficient (Wildman–Crippen LogP) is 3.20. The first-order valence-electron chi connectivity index (χ1n) is 5.20. The Hall–Kier alpha value is -2.18. The van der Waals surface area contributed by atoms with Crippen molar-refractivity contribution in [3.05, 3.63) is 65.7 Å². The summed E-state index contributed by atoms with van der Waals surface area (Å²) in [5.74, 6) is 0. The highest BCUT2D eigenvalue weighted by Gasteiger charge is 1.97. The Kier molecular flexibility index (Phi) is 3.27. The van der Waals surface area contributed by atoms with Crippen molar-refractivity contribution in [3.8, 4) is 11.1 Å². The molecule has 0 aliphatic rings. The summed E-state index contributed by atoms with van der Waals surface area (Å²) in [5, 5.41) is 0. The molecule has 0 amide bonds. The van der Waals surface area contributed by atoms with E-state index in [1.807, 2.05) is 30.3 Å². The predicted molar refractivity (Wildman–Crippen MR) is 65.3 cm³/mol. The fourth-order valence-electron chi connectivity index (χ4n) is 1.61. The fourth-order valence-corrected chi connectivity index (χ4v) is 1.61. The fraction of sp³-hybridized carbons (Fsp3) is 0.0714. The second-order valence-corrected chi connectivity index (χ2v) is 3.57. The lowest BCUT2D eigenvalue weighted by Gasteiger charge is -2.01. The molecule has 0 N–H and O–H groups in total. The second-order valence-electron chi connectivity index (χ2n) is 3.57. The summed E-state index contributed by atoms with van der Waals surface area (Å²) in [5.41, 5.74) is 11.9. The lowest BCUT2D eigenvalue weighted by molar-refractivity contribution is 0.00158. The molecule has 78 valence electrons. The summed E-state index contributed by atoms with van der Waals surface area (Å²) in [4.78, 5) is 2.99. The van der Waals surface area contributed by atoms with Crippen LogP contribution in [0, 0.1) is 0 Å². The van der Waals surface area contributed by atoms with Crippen LogP contribution in [-0.4, -0.2) is 11.0 Å². The average Bonchev–Trinajstić information content (AvgIpc) is 2.38. The van der Waals surface area contributed by atoms with E-state index in [4.69, 9.17) is 5.53 Å². The molecule has 16 heavy (non-hydrogen) atoms. The first-order valence-corrected chi connectivity index (χ1v) is 5.20. The molecule has 2 nitrogen and oxygen atoms in total. The van der Waals surface area contributed by atoms with Gasteiger partial charge in [0.2, 0.25) is 0 Å². The Labute approximate surface area is 94.8 Å². The summed E-state index contributed by atoms with van der Waals surface area (Å²) in [6.45, 7) is 0. The molecule has 0 saturated carbocycles. The maximum absolute atomic E-state index is 8.33. The maximum atomic E-state index is 8.33. The van der Waals surface area contributed by atoms with Gasteiger partial charge in [0.1, 0.15) is 0 Å². The Morgan fingerprint density at radius 1 is 0.875 bits per heavy atom. The van der Waals surface area contributed by atoms with Gasteiger partial charge in [-0.25, -0.2) is 0 Å². The Balaban J connectivity index is 2.23. The molecule has 0 atom stereocenters. The van der Waals surface area contributed by atoms with E-state index in [9.17, 15) is 0 Å². The van der Waals surface area contributed by atoms with Crippen LogP contribution in [0.2, 0.25) is 0 Å². The topological polar surface area (TPSA) is 36.4 Å². The summed E-state index contributed by atoms with van der Waals surface area (Å²) < 4.78 is 0. The van der Waals surface area contributed by atoms with Crippen LogP contribution >= 0.6 is 0 Å². The standard InChI is InChI=1S/C14H12N2/c15-16-11-10-12-6-8-14(9-7-12)13-4-2-1-3-5-13/h1-9,11H,10H2. The van der Waals surface area contributed by atoms with Gasteiger partial charge in [0.05, 0.1) is 6.42 Å². The van der Waals surface area contributed by atoms with E-state index in [0.29, 0.717) is 6.42 Å². The highest BCUT2D eigenvalue weighted by atomic mass is 14.8. The molecule has 0 aromatic heterocycles. The molecule has 0 saturated heterocycles. The molecular formula is C14H12N2. The molecule has 0 radical (unpaired) electrons. The number of nitrogens with zero attached hydrogens (tertiary/aromatic N) is 2. The van der Waals surface area contributed by atoms with Crippen molar-refractivity contribution in [2.75, 3.05) is 0 Å². The minimum Gasteiger partial charge on any atom is -0.362 e. The summed E-state index contributed by atoms with van der Waals surface area (Å²) >= 11 is 0. The molecule has 0 bridgehead atoms. The minimum absolute atomic E-state index is 0.658. The van der Waals surface area contributed by atoms with Crippen LogP contribution < -0.4 is 0 Å². The average molecular weight is 208 g/mol. The third-order valence-corrected chi connectivity index (χ3v) is 2.47. The third kappa shape index (κ3) is 2.44. The molecule has 0 aliphatic carbocycles. The molecule has 0 unspecified atom stereocenters. The zero-order chi connectivity index (χ0) is 11.2. The van der Waals surface area contributed by atoms with Crippen molar-refractivity contribution in [2.45, 2.75) is 6.42 Å². The van der Waals surface area contributed by atoms with E-state index in [1.165, 1.54) is 17.3 Å². The van der Waals surface area contributed by atoms with Crippen molar-refractivity contribution in [1.82, 2.24) is 0 Å². The van der Waals surface area contributed by atoms with Crippen LogP contribution in [-0.2, 0) is 6.42 Å². The molecule has 2 aromatic carbocycles. The zero-order valence-corrected chi connectivity index (χ0v) is 8.88. The maximum Gasteiger partial charge on any atom is 0.261 e. The molecule has 0 fully saturated rings. The number of rotatable bonds is 3. The van der Waals surface area contributed by atoms with E-state index in [0.717, 1.165) is 5.56 Å². The van der Waals surface area contributed by atoms with E-state index >= 15 is 0 Å². The molecule has 0 heterocycles. The van der Waals surface area contributed by atoms with Crippen molar-refractivity contribution < 1.29 is 4.79 Å². The Bertz CT molecular complexity index is 494. The van der Waals surface area contributed by atoms with Gasteiger partial charge in [0.25, 0.3) is 6.21 Å². The molecule has 2 heteroatoms. The Morgan fingerprint density at radius 2 is 1.50 bits per heavy atom.